The van der Waals surface area contributed by atoms with Crippen LogP contribution in [0.5, 0.6) is 5.75 Å². The maximum Gasteiger partial charge on any atom is 0.328 e. The van der Waals surface area contributed by atoms with Crippen molar-refractivity contribution >= 4 is 22.9 Å². The predicted octanol–water partition coefficient (Wildman–Crippen LogP) is 5.41. The van der Waals surface area contributed by atoms with Crippen molar-refractivity contribution in [3.8, 4) is 5.75 Å². The lowest BCUT2D eigenvalue weighted by atomic mass is 9.89. The van der Waals surface area contributed by atoms with Gasteiger partial charge in [0.25, 0.3) is 0 Å². The van der Waals surface area contributed by atoms with E-state index in [1.807, 2.05) is 12.1 Å². The second-order valence-electron chi connectivity index (χ2n) is 8.57. The predicted molar refractivity (Wildman–Crippen MR) is 133 cm³/mol. The van der Waals surface area contributed by atoms with Crippen molar-refractivity contribution in [1.82, 2.24) is 10.1 Å². The van der Waals surface area contributed by atoms with Crippen LogP contribution in [0.25, 0.3) is 11.0 Å². The molecule has 0 radical (unpaired) electrons. The Balaban J connectivity index is 0.000000392. The number of aliphatic carboxylic acids is 2. The number of hydrogen-bond donors (Lipinski definition) is 2. The lowest BCUT2D eigenvalue weighted by Gasteiger charge is -2.38. The van der Waals surface area contributed by atoms with Crippen LogP contribution in [0.3, 0.4) is 0 Å². The fraction of sp³-hybridized carbons (Fsp3) is 0.370. The van der Waals surface area contributed by atoms with Gasteiger partial charge in [0.15, 0.2) is 5.58 Å². The summed E-state index contributed by atoms with van der Waals surface area (Å²) in [6.07, 6.45) is 5.40. The molecule has 1 unspecified atom stereocenters. The molecule has 0 aliphatic carbocycles. The zero-order valence-corrected chi connectivity index (χ0v) is 20.4. The summed E-state index contributed by atoms with van der Waals surface area (Å²) >= 11 is 0. The Morgan fingerprint density at radius 3 is 2.44 bits per heavy atom. The number of carboxylic acid groups (broad SMARTS) is 2. The van der Waals surface area contributed by atoms with Gasteiger partial charge in [0.05, 0.1) is 12.8 Å². The average molecular weight is 499 g/mol. The highest BCUT2D eigenvalue weighted by atomic mass is 19.1. The number of piperidine rings is 1. The summed E-state index contributed by atoms with van der Waals surface area (Å²) in [5.74, 6) is -1.49. The van der Waals surface area contributed by atoms with Crippen LogP contribution in [0.2, 0.25) is 0 Å². The first-order valence-electron chi connectivity index (χ1n) is 11.9. The number of carboxylic acids is 2. The van der Waals surface area contributed by atoms with Gasteiger partial charge in [0.1, 0.15) is 11.6 Å². The molecular weight excluding hydrogens is 467 g/mol. The van der Waals surface area contributed by atoms with Crippen LogP contribution in [0.4, 0.5) is 4.39 Å². The standard InChI is InChI=1S/C23H27FN2O2.C4H4O4/c1-3-6-20(18-7-4-5-8-21(18)27-2)26-13-11-16(12-14-26)23-19-10-9-17(24)15-22(19)28-25-23;5-3(6)1-2-4(7)8/h4-5,7-10,15-16,20H,3,6,11-14H2,1-2H3;1-2H,(H,5,6)(H,7,8)/b;2-1-. The quantitative estimate of drug-likeness (QED) is 0.397. The lowest BCUT2D eigenvalue weighted by molar-refractivity contribution is -0.134. The zero-order chi connectivity index (χ0) is 26.1. The van der Waals surface area contributed by atoms with Crippen molar-refractivity contribution in [1.29, 1.82) is 0 Å². The van der Waals surface area contributed by atoms with Gasteiger partial charge in [0.2, 0.25) is 0 Å². The van der Waals surface area contributed by atoms with Crippen molar-refractivity contribution < 1.29 is 33.5 Å². The summed E-state index contributed by atoms with van der Waals surface area (Å²) in [6, 6.07) is 13.4. The molecule has 36 heavy (non-hydrogen) atoms. The normalized spacial score (nSPS) is 15.4. The molecule has 1 saturated heterocycles. The van der Waals surface area contributed by atoms with Crippen molar-refractivity contribution in [2.45, 2.75) is 44.6 Å². The Morgan fingerprint density at radius 1 is 1.17 bits per heavy atom. The van der Waals surface area contributed by atoms with E-state index in [-0.39, 0.29) is 5.82 Å². The lowest BCUT2D eigenvalue weighted by Crippen LogP contribution is -2.36. The third-order valence-corrected chi connectivity index (χ3v) is 6.25. The van der Waals surface area contributed by atoms with Crippen LogP contribution in [0.1, 0.15) is 55.8 Å². The second kappa shape index (κ2) is 12.8. The van der Waals surface area contributed by atoms with E-state index >= 15 is 0 Å². The van der Waals surface area contributed by atoms with E-state index in [2.05, 4.69) is 29.1 Å². The highest BCUT2D eigenvalue weighted by Gasteiger charge is 2.30. The molecule has 2 N–H and O–H groups in total. The molecule has 1 aliphatic heterocycles. The van der Waals surface area contributed by atoms with E-state index in [0.29, 0.717) is 29.7 Å². The molecule has 3 aromatic rings. The number of ether oxygens (including phenoxy) is 1. The molecule has 1 atom stereocenters. The average Bonchev–Trinajstić information content (AvgIpc) is 3.29. The van der Waals surface area contributed by atoms with Gasteiger partial charge < -0.3 is 19.5 Å². The van der Waals surface area contributed by atoms with Crippen molar-refractivity contribution in [2.75, 3.05) is 20.2 Å². The van der Waals surface area contributed by atoms with Crippen LogP contribution >= 0.6 is 0 Å². The van der Waals surface area contributed by atoms with Crippen molar-refractivity contribution in [2.24, 2.45) is 0 Å². The fourth-order valence-corrected chi connectivity index (χ4v) is 4.60. The van der Waals surface area contributed by atoms with Crippen molar-refractivity contribution in [3.05, 3.63) is 71.7 Å². The Labute approximate surface area is 209 Å². The van der Waals surface area contributed by atoms with E-state index < -0.39 is 11.9 Å². The molecule has 0 amide bonds. The third-order valence-electron chi connectivity index (χ3n) is 6.25. The molecule has 9 heteroatoms. The number of fused-ring (bicyclic) bond motifs is 1. The fourth-order valence-electron chi connectivity index (χ4n) is 4.60. The number of methoxy groups -OCH3 is 1. The van der Waals surface area contributed by atoms with Gasteiger partial charge in [-0.1, -0.05) is 36.7 Å². The van der Waals surface area contributed by atoms with Crippen LogP contribution in [0.15, 0.2) is 59.1 Å². The number of hydrogen-bond acceptors (Lipinski definition) is 6. The molecule has 2 heterocycles. The smallest absolute Gasteiger partial charge is 0.328 e. The number of carbonyl (C=O) groups is 2. The molecule has 1 fully saturated rings. The minimum atomic E-state index is -1.26. The van der Waals surface area contributed by atoms with Gasteiger partial charge in [-0.2, -0.15) is 0 Å². The summed E-state index contributed by atoms with van der Waals surface area (Å²) in [6.45, 7) is 4.24. The molecular formula is C27H31FN2O6. The van der Waals surface area contributed by atoms with E-state index in [1.165, 1.54) is 17.7 Å². The minimum Gasteiger partial charge on any atom is -0.496 e. The number of nitrogens with zero attached hydrogens (tertiary/aromatic N) is 2. The maximum absolute atomic E-state index is 13.4. The van der Waals surface area contributed by atoms with Gasteiger partial charge >= 0.3 is 11.9 Å². The van der Waals surface area contributed by atoms with Gasteiger partial charge in [0, 0.05) is 41.1 Å². The Hall–Kier alpha value is -3.72. The second-order valence-corrected chi connectivity index (χ2v) is 8.57. The molecule has 0 bridgehead atoms. The Bertz CT molecular complexity index is 1180. The van der Waals surface area contributed by atoms with E-state index in [4.69, 9.17) is 19.5 Å². The first-order chi connectivity index (χ1) is 17.3. The summed E-state index contributed by atoms with van der Waals surface area (Å²) in [7, 11) is 1.74. The summed E-state index contributed by atoms with van der Waals surface area (Å²) in [5, 5.41) is 20.8. The number of para-hydroxylation sites is 1. The topological polar surface area (TPSA) is 113 Å². The molecule has 0 saturated carbocycles. The van der Waals surface area contributed by atoms with Gasteiger partial charge in [-0.3, -0.25) is 4.90 Å². The van der Waals surface area contributed by atoms with Crippen LogP contribution in [-0.2, 0) is 9.59 Å². The van der Waals surface area contributed by atoms with Crippen molar-refractivity contribution in [3.63, 3.8) is 0 Å². The first kappa shape index (κ1) is 26.9. The van der Waals surface area contributed by atoms with Gasteiger partial charge in [-0.15, -0.1) is 0 Å². The highest BCUT2D eigenvalue weighted by Crippen LogP contribution is 2.38. The number of benzene rings is 2. The minimum absolute atomic E-state index is 0.288. The monoisotopic (exact) mass is 498 g/mol. The summed E-state index contributed by atoms with van der Waals surface area (Å²) in [5.41, 5.74) is 2.78. The molecule has 2 aromatic carbocycles. The molecule has 8 nitrogen and oxygen atoms in total. The molecule has 1 aromatic heterocycles. The number of rotatable bonds is 8. The van der Waals surface area contributed by atoms with E-state index in [0.717, 1.165) is 55.6 Å². The van der Waals surface area contributed by atoms with Gasteiger partial charge in [-0.25, -0.2) is 14.0 Å². The largest absolute Gasteiger partial charge is 0.496 e. The van der Waals surface area contributed by atoms with Crippen LogP contribution in [0, 0.1) is 5.82 Å². The Kier molecular flexibility index (Phi) is 9.58. The number of likely N-dealkylation sites (tertiary alicyclic amines) is 1. The zero-order valence-electron chi connectivity index (χ0n) is 20.4. The SMILES string of the molecule is CCCC(c1ccccc1OC)N1CCC(c2noc3cc(F)ccc23)CC1.O=C(O)/C=C\C(=O)O. The van der Waals surface area contributed by atoms with E-state index in [9.17, 15) is 14.0 Å². The molecule has 192 valence electrons. The molecule has 4 rings (SSSR count). The third kappa shape index (κ3) is 6.91. The van der Waals surface area contributed by atoms with Crippen LogP contribution < -0.4 is 4.74 Å². The highest BCUT2D eigenvalue weighted by molar-refractivity contribution is 5.89. The summed E-state index contributed by atoms with van der Waals surface area (Å²) < 4.78 is 24.4. The Morgan fingerprint density at radius 2 is 1.83 bits per heavy atom. The first-order valence-corrected chi connectivity index (χ1v) is 11.9. The molecule has 1 aliphatic rings. The summed E-state index contributed by atoms with van der Waals surface area (Å²) in [4.78, 5) is 21.7. The molecule has 0 spiro atoms. The van der Waals surface area contributed by atoms with Crippen LogP contribution in [-0.4, -0.2) is 52.4 Å². The van der Waals surface area contributed by atoms with E-state index in [1.54, 1.807) is 13.2 Å². The number of aromatic nitrogens is 1. The maximum atomic E-state index is 13.4. The number of halogens is 1. The van der Waals surface area contributed by atoms with Gasteiger partial charge in [-0.05, 0) is 50.6 Å².